The van der Waals surface area contributed by atoms with E-state index in [9.17, 15) is 4.79 Å². The molecule has 1 aromatic heterocycles. The van der Waals surface area contributed by atoms with E-state index in [-0.39, 0.29) is 12.0 Å². The van der Waals surface area contributed by atoms with E-state index in [1.807, 2.05) is 36.1 Å². The third kappa shape index (κ3) is 3.44. The Kier molecular flexibility index (Phi) is 4.38. The first-order chi connectivity index (χ1) is 10.6. The topological polar surface area (TPSA) is 55.3 Å². The molecule has 1 aromatic carbocycles. The molecule has 0 saturated carbocycles. The number of amides is 1. The number of hydrogen-bond acceptors (Lipinski definition) is 4. The van der Waals surface area contributed by atoms with Gasteiger partial charge in [-0.1, -0.05) is 22.0 Å². The van der Waals surface area contributed by atoms with E-state index in [0.717, 1.165) is 10.9 Å². The minimum absolute atomic E-state index is 0.0228. The van der Waals surface area contributed by atoms with Crippen molar-refractivity contribution in [2.75, 3.05) is 13.1 Å². The fourth-order valence-corrected chi connectivity index (χ4v) is 2.88. The number of nitrogens with zero attached hydrogens (tertiary/aromatic N) is 3. The van der Waals surface area contributed by atoms with Crippen LogP contribution >= 0.6 is 15.9 Å². The predicted molar refractivity (Wildman–Crippen MR) is 85.8 cm³/mol. The summed E-state index contributed by atoms with van der Waals surface area (Å²) in [4.78, 5) is 22.6. The Hall–Kier alpha value is -1.95. The lowest BCUT2D eigenvalue weighted by Gasteiger charge is -2.17. The summed E-state index contributed by atoms with van der Waals surface area (Å²) < 4.78 is 6.75. The molecule has 1 aliphatic heterocycles. The average Bonchev–Trinajstić information content (AvgIpc) is 2.95. The largest absolute Gasteiger partial charge is 0.472 e. The number of ether oxygens (including phenoxy) is 1. The fourth-order valence-electron chi connectivity index (χ4n) is 2.48. The highest BCUT2D eigenvalue weighted by Gasteiger charge is 2.28. The molecule has 0 bridgehead atoms. The number of aromatic nitrogens is 2. The summed E-state index contributed by atoms with van der Waals surface area (Å²) in [7, 11) is 0. The predicted octanol–water partition coefficient (Wildman–Crippen LogP) is 2.84. The van der Waals surface area contributed by atoms with Crippen molar-refractivity contribution in [2.24, 2.45) is 0 Å². The summed E-state index contributed by atoms with van der Waals surface area (Å²) in [5.74, 6) is 1.28. The lowest BCUT2D eigenvalue weighted by atomic mass is 10.2. The lowest BCUT2D eigenvalue weighted by molar-refractivity contribution is 0.0771. The zero-order chi connectivity index (χ0) is 15.5. The maximum absolute atomic E-state index is 12.5. The number of carbonyl (C=O) groups is 1. The minimum atomic E-state index is -0.0228. The smallest absolute Gasteiger partial charge is 0.254 e. The van der Waals surface area contributed by atoms with Gasteiger partial charge in [0, 0.05) is 35.3 Å². The van der Waals surface area contributed by atoms with Gasteiger partial charge in [-0.15, -0.1) is 0 Å². The van der Waals surface area contributed by atoms with Gasteiger partial charge in [0.05, 0.1) is 6.54 Å². The third-order valence-electron chi connectivity index (χ3n) is 3.54. The second-order valence-corrected chi connectivity index (χ2v) is 6.15. The zero-order valence-corrected chi connectivity index (χ0v) is 13.8. The molecule has 0 N–H and O–H groups in total. The van der Waals surface area contributed by atoms with Crippen LogP contribution in [0, 0.1) is 6.92 Å². The Labute approximate surface area is 137 Å². The zero-order valence-electron chi connectivity index (χ0n) is 12.2. The first-order valence-corrected chi connectivity index (χ1v) is 7.92. The number of rotatable bonds is 3. The Balaban J connectivity index is 1.63. The van der Waals surface area contributed by atoms with Crippen molar-refractivity contribution < 1.29 is 9.53 Å². The summed E-state index contributed by atoms with van der Waals surface area (Å²) in [6.45, 7) is 3.10. The summed E-state index contributed by atoms with van der Waals surface area (Å²) in [6.07, 6.45) is 2.46. The van der Waals surface area contributed by atoms with Gasteiger partial charge in [0.2, 0.25) is 5.88 Å². The summed E-state index contributed by atoms with van der Waals surface area (Å²) in [5.41, 5.74) is 0.688. The van der Waals surface area contributed by atoms with Gasteiger partial charge in [-0.3, -0.25) is 4.79 Å². The highest BCUT2D eigenvalue weighted by molar-refractivity contribution is 9.10. The molecule has 1 aliphatic rings. The van der Waals surface area contributed by atoms with Crippen LogP contribution in [0.3, 0.4) is 0 Å². The SMILES string of the molecule is Cc1nccc(O[C@@H]2CCN(C(=O)c3cccc(Br)c3)C2)n1. The maximum Gasteiger partial charge on any atom is 0.254 e. The average molecular weight is 362 g/mol. The van der Waals surface area contributed by atoms with Crippen molar-refractivity contribution in [1.82, 2.24) is 14.9 Å². The van der Waals surface area contributed by atoms with E-state index in [4.69, 9.17) is 4.74 Å². The quantitative estimate of drug-likeness (QED) is 0.843. The summed E-state index contributed by atoms with van der Waals surface area (Å²) in [6, 6.07) is 9.18. The van der Waals surface area contributed by atoms with E-state index in [0.29, 0.717) is 30.4 Å². The van der Waals surface area contributed by atoms with E-state index in [1.54, 1.807) is 12.3 Å². The van der Waals surface area contributed by atoms with Crippen LogP contribution in [0.25, 0.3) is 0 Å². The van der Waals surface area contributed by atoms with Crippen molar-refractivity contribution in [3.8, 4) is 5.88 Å². The van der Waals surface area contributed by atoms with Gasteiger partial charge in [-0.05, 0) is 25.1 Å². The Morgan fingerprint density at radius 1 is 1.41 bits per heavy atom. The fraction of sp³-hybridized carbons (Fsp3) is 0.312. The molecule has 1 saturated heterocycles. The molecule has 0 radical (unpaired) electrons. The number of carbonyl (C=O) groups excluding carboxylic acids is 1. The first kappa shape index (κ1) is 15.0. The van der Waals surface area contributed by atoms with Crippen molar-refractivity contribution in [2.45, 2.75) is 19.4 Å². The van der Waals surface area contributed by atoms with Crippen LogP contribution in [0.4, 0.5) is 0 Å². The number of halogens is 1. The van der Waals surface area contributed by atoms with Crippen LogP contribution in [-0.4, -0.2) is 40.0 Å². The molecule has 0 aliphatic carbocycles. The summed E-state index contributed by atoms with van der Waals surface area (Å²) >= 11 is 3.39. The second kappa shape index (κ2) is 6.44. The Bertz CT molecular complexity index is 693. The standard InChI is InChI=1S/C16H16BrN3O2/c1-11-18-7-5-15(19-11)22-14-6-8-20(10-14)16(21)12-3-2-4-13(17)9-12/h2-5,7,9,14H,6,8,10H2,1H3/t14-/m1/s1. The highest BCUT2D eigenvalue weighted by atomic mass is 79.9. The molecule has 114 valence electrons. The molecule has 2 aromatic rings. The van der Waals surface area contributed by atoms with Crippen molar-refractivity contribution in [3.05, 3.63) is 52.4 Å². The molecule has 1 atom stereocenters. The van der Waals surface area contributed by atoms with Crippen LogP contribution < -0.4 is 4.74 Å². The van der Waals surface area contributed by atoms with Crippen LogP contribution in [0.2, 0.25) is 0 Å². The number of aryl methyl sites for hydroxylation is 1. The Morgan fingerprint density at radius 3 is 3.05 bits per heavy atom. The van der Waals surface area contributed by atoms with E-state index in [2.05, 4.69) is 25.9 Å². The monoisotopic (exact) mass is 361 g/mol. The third-order valence-corrected chi connectivity index (χ3v) is 4.03. The highest BCUT2D eigenvalue weighted by Crippen LogP contribution is 2.20. The molecule has 0 spiro atoms. The van der Waals surface area contributed by atoms with Crippen LogP contribution in [-0.2, 0) is 0 Å². The number of hydrogen-bond donors (Lipinski definition) is 0. The molecule has 2 heterocycles. The van der Waals surface area contributed by atoms with Crippen LogP contribution in [0.15, 0.2) is 41.0 Å². The van der Waals surface area contributed by atoms with Gasteiger partial charge < -0.3 is 9.64 Å². The van der Waals surface area contributed by atoms with E-state index < -0.39 is 0 Å². The maximum atomic E-state index is 12.5. The number of likely N-dealkylation sites (tertiary alicyclic amines) is 1. The molecule has 22 heavy (non-hydrogen) atoms. The summed E-state index contributed by atoms with van der Waals surface area (Å²) in [5, 5.41) is 0. The molecular weight excluding hydrogens is 346 g/mol. The van der Waals surface area contributed by atoms with Crippen LogP contribution in [0.5, 0.6) is 5.88 Å². The normalized spacial score (nSPS) is 17.5. The molecule has 1 fully saturated rings. The molecule has 3 rings (SSSR count). The van der Waals surface area contributed by atoms with Gasteiger partial charge in [0.25, 0.3) is 5.91 Å². The van der Waals surface area contributed by atoms with Crippen molar-refractivity contribution >= 4 is 21.8 Å². The van der Waals surface area contributed by atoms with Crippen molar-refractivity contribution in [1.29, 1.82) is 0 Å². The lowest BCUT2D eigenvalue weighted by Crippen LogP contribution is -2.31. The van der Waals surface area contributed by atoms with Gasteiger partial charge in [0.1, 0.15) is 11.9 Å². The molecule has 5 nitrogen and oxygen atoms in total. The molecule has 1 amide bonds. The van der Waals surface area contributed by atoms with Crippen LogP contribution in [0.1, 0.15) is 22.6 Å². The number of benzene rings is 1. The molecule has 6 heteroatoms. The van der Waals surface area contributed by atoms with Gasteiger partial charge >= 0.3 is 0 Å². The molecular formula is C16H16BrN3O2. The van der Waals surface area contributed by atoms with E-state index in [1.165, 1.54) is 0 Å². The van der Waals surface area contributed by atoms with Gasteiger partial charge in [-0.2, -0.15) is 4.98 Å². The van der Waals surface area contributed by atoms with E-state index >= 15 is 0 Å². The second-order valence-electron chi connectivity index (χ2n) is 5.23. The van der Waals surface area contributed by atoms with Gasteiger partial charge in [0.15, 0.2) is 0 Å². The van der Waals surface area contributed by atoms with Crippen molar-refractivity contribution in [3.63, 3.8) is 0 Å². The molecule has 0 unspecified atom stereocenters. The first-order valence-electron chi connectivity index (χ1n) is 7.13. The van der Waals surface area contributed by atoms with Gasteiger partial charge in [-0.25, -0.2) is 4.98 Å². The minimum Gasteiger partial charge on any atom is -0.472 e. The Morgan fingerprint density at radius 2 is 2.27 bits per heavy atom.